The Morgan fingerprint density at radius 3 is 2.59 bits per heavy atom. The molecule has 2 aromatic rings. The number of ether oxygens (including phenoxy) is 2. The third kappa shape index (κ3) is 6.65. The number of carbonyl (C=O) groups is 3. The zero-order valence-electron chi connectivity index (χ0n) is 15.6. The summed E-state index contributed by atoms with van der Waals surface area (Å²) < 4.78 is 10.4. The highest BCUT2D eigenvalue weighted by atomic mass is 16.6. The van der Waals surface area contributed by atoms with E-state index in [-0.39, 0.29) is 12.8 Å². The van der Waals surface area contributed by atoms with Crippen molar-refractivity contribution >= 4 is 28.9 Å². The predicted octanol–water partition coefficient (Wildman–Crippen LogP) is 3.01. The van der Waals surface area contributed by atoms with E-state index in [1.54, 1.807) is 39.0 Å². The van der Waals surface area contributed by atoms with Gasteiger partial charge in [0.1, 0.15) is 11.4 Å². The van der Waals surface area contributed by atoms with Crippen LogP contribution in [0, 0.1) is 0 Å². The van der Waals surface area contributed by atoms with E-state index in [1.165, 1.54) is 0 Å². The number of rotatable bonds is 7. The van der Waals surface area contributed by atoms with Gasteiger partial charge in [0, 0.05) is 23.6 Å². The molecule has 3 N–H and O–H groups in total. The fourth-order valence-corrected chi connectivity index (χ4v) is 2.43. The number of nitrogens with one attached hydrogen (secondary N) is 2. The van der Waals surface area contributed by atoms with Crippen LogP contribution in [0.1, 0.15) is 39.2 Å². The highest BCUT2D eigenvalue weighted by molar-refractivity contribution is 5.86. The molecule has 0 unspecified atom stereocenters. The maximum Gasteiger partial charge on any atom is 0.407 e. The van der Waals surface area contributed by atoms with Gasteiger partial charge in [-0.3, -0.25) is 9.59 Å². The molecule has 1 aromatic heterocycles. The van der Waals surface area contributed by atoms with Crippen LogP contribution < -0.4 is 10.1 Å². The van der Waals surface area contributed by atoms with Crippen LogP contribution in [-0.4, -0.2) is 40.3 Å². The minimum atomic E-state index is -1.05. The van der Waals surface area contributed by atoms with Crippen molar-refractivity contribution in [2.75, 3.05) is 6.54 Å². The molecule has 1 heterocycles. The lowest BCUT2D eigenvalue weighted by molar-refractivity contribution is -0.142. The Bertz CT molecular complexity index is 834. The first-order chi connectivity index (χ1) is 12.6. The van der Waals surface area contributed by atoms with Crippen molar-refractivity contribution in [3.63, 3.8) is 0 Å². The summed E-state index contributed by atoms with van der Waals surface area (Å²) in [5.74, 6) is -1.30. The number of hydrogen-bond acceptors (Lipinski definition) is 5. The zero-order chi connectivity index (χ0) is 20.0. The molecule has 2 rings (SSSR count). The van der Waals surface area contributed by atoms with Crippen LogP contribution in [0.3, 0.4) is 0 Å². The average molecular weight is 376 g/mol. The molecule has 0 aliphatic carbocycles. The van der Waals surface area contributed by atoms with Crippen molar-refractivity contribution in [2.24, 2.45) is 0 Å². The Morgan fingerprint density at radius 2 is 1.93 bits per heavy atom. The normalized spacial score (nSPS) is 11.2. The molecular formula is C19H24N2O6. The number of hydrogen-bond donors (Lipinski definition) is 3. The number of benzene rings is 1. The Hall–Kier alpha value is -3.03. The minimum absolute atomic E-state index is 0.187. The van der Waals surface area contributed by atoms with Gasteiger partial charge in [0.2, 0.25) is 0 Å². The number of carbonyl (C=O) groups excluding carboxylic acids is 2. The summed E-state index contributed by atoms with van der Waals surface area (Å²) in [6, 6.07) is 5.13. The summed E-state index contributed by atoms with van der Waals surface area (Å²) in [5, 5.41) is 12.2. The molecule has 8 nitrogen and oxygen atoms in total. The molecule has 1 amide bonds. The molecule has 0 radical (unpaired) electrons. The van der Waals surface area contributed by atoms with E-state index in [2.05, 4.69) is 10.3 Å². The SMILES string of the molecule is CC(C)(C)OC(=O)NCCc1c[nH]c2ccc(OC(=O)CCC(=O)O)cc12. The van der Waals surface area contributed by atoms with Gasteiger partial charge in [0.25, 0.3) is 0 Å². The number of amides is 1. The molecule has 146 valence electrons. The molecule has 1 aromatic carbocycles. The lowest BCUT2D eigenvalue weighted by Crippen LogP contribution is -2.33. The summed E-state index contributed by atoms with van der Waals surface area (Å²) in [7, 11) is 0. The van der Waals surface area contributed by atoms with Crippen molar-refractivity contribution in [1.29, 1.82) is 0 Å². The number of aliphatic carboxylic acids is 1. The predicted molar refractivity (Wildman–Crippen MR) is 98.7 cm³/mol. The number of aromatic nitrogens is 1. The summed E-state index contributed by atoms with van der Waals surface area (Å²) in [4.78, 5) is 37.0. The summed E-state index contributed by atoms with van der Waals surface area (Å²) in [6.07, 6.45) is 1.46. The van der Waals surface area contributed by atoms with Gasteiger partial charge in [0.05, 0.1) is 12.8 Å². The molecule has 0 bridgehead atoms. The Labute approximate surface area is 156 Å². The van der Waals surface area contributed by atoms with E-state index in [9.17, 15) is 14.4 Å². The molecule has 8 heteroatoms. The average Bonchev–Trinajstić information content (AvgIpc) is 2.94. The van der Waals surface area contributed by atoms with Gasteiger partial charge < -0.3 is 24.9 Å². The van der Waals surface area contributed by atoms with Crippen LogP contribution in [-0.2, 0) is 20.7 Å². The topological polar surface area (TPSA) is 118 Å². The maximum atomic E-state index is 11.7. The number of aromatic amines is 1. The second kappa shape index (κ2) is 8.57. The third-order valence-electron chi connectivity index (χ3n) is 3.58. The van der Waals surface area contributed by atoms with Gasteiger partial charge in [-0.05, 0) is 51.0 Å². The van der Waals surface area contributed by atoms with Crippen LogP contribution >= 0.6 is 0 Å². The molecule has 27 heavy (non-hydrogen) atoms. The number of alkyl carbamates (subject to hydrolysis) is 1. The summed E-state index contributed by atoms with van der Waals surface area (Å²) in [5.41, 5.74) is 1.27. The van der Waals surface area contributed by atoms with Crippen molar-refractivity contribution in [2.45, 2.75) is 45.6 Å². The minimum Gasteiger partial charge on any atom is -0.481 e. The van der Waals surface area contributed by atoms with Crippen molar-refractivity contribution in [3.8, 4) is 5.75 Å². The number of H-pyrrole nitrogens is 1. The largest absolute Gasteiger partial charge is 0.481 e. The second-order valence-corrected chi connectivity index (χ2v) is 7.07. The van der Waals surface area contributed by atoms with Crippen molar-refractivity contribution < 1.29 is 29.0 Å². The molecule has 0 saturated heterocycles. The first-order valence-electron chi connectivity index (χ1n) is 8.63. The fourth-order valence-electron chi connectivity index (χ4n) is 2.43. The van der Waals surface area contributed by atoms with Gasteiger partial charge in [0.15, 0.2) is 0 Å². The van der Waals surface area contributed by atoms with Crippen molar-refractivity contribution in [1.82, 2.24) is 10.3 Å². The smallest absolute Gasteiger partial charge is 0.407 e. The lowest BCUT2D eigenvalue weighted by atomic mass is 10.1. The van der Waals surface area contributed by atoms with Crippen LogP contribution in [0.25, 0.3) is 10.9 Å². The number of carboxylic acids is 1. The van der Waals surface area contributed by atoms with E-state index in [0.717, 1.165) is 16.5 Å². The molecule has 0 aliphatic heterocycles. The Morgan fingerprint density at radius 1 is 1.19 bits per heavy atom. The highest BCUT2D eigenvalue weighted by Crippen LogP contribution is 2.24. The zero-order valence-corrected chi connectivity index (χ0v) is 15.6. The number of carboxylic acid groups (broad SMARTS) is 1. The first-order valence-corrected chi connectivity index (χ1v) is 8.63. The van der Waals surface area contributed by atoms with Gasteiger partial charge in [-0.1, -0.05) is 0 Å². The quantitative estimate of drug-likeness (QED) is 0.505. The van der Waals surface area contributed by atoms with E-state index >= 15 is 0 Å². The van der Waals surface area contributed by atoms with E-state index in [0.29, 0.717) is 18.7 Å². The third-order valence-corrected chi connectivity index (χ3v) is 3.58. The van der Waals surface area contributed by atoms with Gasteiger partial charge in [-0.2, -0.15) is 0 Å². The second-order valence-electron chi connectivity index (χ2n) is 7.07. The first kappa shape index (κ1) is 20.3. The van der Waals surface area contributed by atoms with Crippen LogP contribution in [0.5, 0.6) is 5.75 Å². The molecule has 0 spiro atoms. The number of fused-ring (bicyclic) bond motifs is 1. The van der Waals surface area contributed by atoms with Crippen LogP contribution in [0.2, 0.25) is 0 Å². The van der Waals surface area contributed by atoms with Gasteiger partial charge in [-0.15, -0.1) is 0 Å². The van der Waals surface area contributed by atoms with Crippen molar-refractivity contribution in [3.05, 3.63) is 30.0 Å². The summed E-state index contributed by atoms with van der Waals surface area (Å²) in [6.45, 7) is 5.78. The molecule has 0 fully saturated rings. The molecular weight excluding hydrogens is 352 g/mol. The fraction of sp³-hybridized carbons (Fsp3) is 0.421. The standard InChI is InChI=1S/C19H24N2O6/c1-19(2,3)27-18(25)20-9-8-12-11-21-15-5-4-13(10-14(12)15)26-17(24)7-6-16(22)23/h4-5,10-11,21H,6-9H2,1-3H3,(H,20,25)(H,22,23). The van der Waals surface area contributed by atoms with E-state index in [4.69, 9.17) is 14.6 Å². The summed E-state index contributed by atoms with van der Waals surface area (Å²) >= 11 is 0. The monoisotopic (exact) mass is 376 g/mol. The molecule has 0 aliphatic rings. The molecule has 0 saturated carbocycles. The van der Waals surface area contributed by atoms with Gasteiger partial charge >= 0.3 is 18.0 Å². The lowest BCUT2D eigenvalue weighted by Gasteiger charge is -2.19. The Balaban J connectivity index is 1.97. The highest BCUT2D eigenvalue weighted by Gasteiger charge is 2.16. The number of esters is 1. The maximum absolute atomic E-state index is 11.7. The molecule has 0 atom stereocenters. The van der Waals surface area contributed by atoms with Crippen LogP contribution in [0.4, 0.5) is 4.79 Å². The van der Waals surface area contributed by atoms with E-state index < -0.39 is 23.6 Å². The van der Waals surface area contributed by atoms with Gasteiger partial charge in [-0.25, -0.2) is 4.79 Å². The van der Waals surface area contributed by atoms with Crippen LogP contribution in [0.15, 0.2) is 24.4 Å². The Kier molecular flexibility index (Phi) is 6.44. The van der Waals surface area contributed by atoms with E-state index in [1.807, 2.05) is 6.20 Å².